The number of fused-ring (bicyclic) bond motifs is 1. The predicted molar refractivity (Wildman–Crippen MR) is 68.6 cm³/mol. The van der Waals surface area contributed by atoms with Crippen molar-refractivity contribution in [3.63, 3.8) is 0 Å². The van der Waals surface area contributed by atoms with Crippen molar-refractivity contribution in [1.29, 1.82) is 0 Å². The molecule has 16 heavy (non-hydrogen) atoms. The molecule has 0 saturated heterocycles. The molecule has 1 unspecified atom stereocenters. The van der Waals surface area contributed by atoms with Crippen molar-refractivity contribution in [3.8, 4) is 0 Å². The molecular weight excluding hydrogens is 196 g/mol. The summed E-state index contributed by atoms with van der Waals surface area (Å²) in [4.78, 5) is 4.15. The highest BCUT2D eigenvalue weighted by molar-refractivity contribution is 5.84. The highest BCUT2D eigenvalue weighted by atomic mass is 14.8. The van der Waals surface area contributed by atoms with Crippen molar-refractivity contribution in [2.24, 2.45) is 0 Å². The maximum atomic E-state index is 4.15. The molecule has 2 nitrogen and oxygen atoms in total. The molecule has 2 aromatic rings. The predicted octanol–water partition coefficient (Wildman–Crippen LogP) is 2.78. The number of hydrogen-bond donors (Lipinski definition) is 1. The summed E-state index contributed by atoms with van der Waals surface area (Å²) in [5.41, 5.74) is 1.42. The maximum Gasteiger partial charge on any atom is 0.0346 e. The van der Waals surface area contributed by atoms with Crippen LogP contribution in [0.3, 0.4) is 0 Å². The first-order valence-electron chi connectivity index (χ1n) is 5.80. The summed E-state index contributed by atoms with van der Waals surface area (Å²) in [5.74, 6) is 0. The van der Waals surface area contributed by atoms with Gasteiger partial charge in [-0.15, -0.1) is 0 Å². The van der Waals surface area contributed by atoms with Gasteiger partial charge < -0.3 is 5.32 Å². The Labute approximate surface area is 96.7 Å². The minimum Gasteiger partial charge on any atom is -0.317 e. The van der Waals surface area contributed by atoms with E-state index in [4.69, 9.17) is 0 Å². The van der Waals surface area contributed by atoms with E-state index in [1.165, 1.54) is 16.3 Å². The van der Waals surface area contributed by atoms with Gasteiger partial charge in [0.05, 0.1) is 0 Å². The lowest BCUT2D eigenvalue weighted by atomic mass is 10.0. The van der Waals surface area contributed by atoms with Crippen LogP contribution in [0.2, 0.25) is 0 Å². The Bertz CT molecular complexity index is 460. The van der Waals surface area contributed by atoms with Crippen LogP contribution in [-0.2, 0) is 6.42 Å². The van der Waals surface area contributed by atoms with E-state index in [9.17, 15) is 0 Å². The molecule has 0 aliphatic heterocycles. The lowest BCUT2D eigenvalue weighted by Gasteiger charge is -2.11. The van der Waals surface area contributed by atoms with Gasteiger partial charge in [0.25, 0.3) is 0 Å². The maximum absolute atomic E-state index is 4.15. The van der Waals surface area contributed by atoms with Crippen LogP contribution in [0.5, 0.6) is 0 Å². The zero-order chi connectivity index (χ0) is 11.4. The fourth-order valence-corrected chi connectivity index (χ4v) is 1.92. The molecule has 0 fully saturated rings. The van der Waals surface area contributed by atoms with Crippen LogP contribution in [0.4, 0.5) is 0 Å². The summed E-state index contributed by atoms with van der Waals surface area (Å²) in [5, 5.41) is 5.84. The minimum atomic E-state index is 0.567. The molecule has 2 rings (SSSR count). The first-order chi connectivity index (χ1) is 7.81. The third-order valence-electron chi connectivity index (χ3n) is 3.11. The van der Waals surface area contributed by atoms with Gasteiger partial charge in [0, 0.05) is 23.8 Å². The third-order valence-corrected chi connectivity index (χ3v) is 3.11. The zero-order valence-electron chi connectivity index (χ0n) is 9.90. The van der Waals surface area contributed by atoms with Crippen LogP contribution in [-0.4, -0.2) is 18.1 Å². The Morgan fingerprint density at radius 1 is 1.31 bits per heavy atom. The normalized spacial score (nSPS) is 12.9. The molecule has 0 aliphatic rings. The number of rotatable bonds is 4. The summed E-state index contributed by atoms with van der Waals surface area (Å²) in [6.45, 7) is 2.21. The molecule has 0 spiro atoms. The van der Waals surface area contributed by atoms with E-state index in [-0.39, 0.29) is 0 Å². The van der Waals surface area contributed by atoms with Crippen molar-refractivity contribution in [1.82, 2.24) is 10.3 Å². The molecule has 1 aromatic carbocycles. The Kier molecular flexibility index (Phi) is 3.52. The topological polar surface area (TPSA) is 24.9 Å². The van der Waals surface area contributed by atoms with E-state index in [2.05, 4.69) is 41.5 Å². The molecule has 1 atom stereocenters. The number of aryl methyl sites for hydroxylation is 1. The highest BCUT2D eigenvalue weighted by Gasteiger charge is 2.03. The molecule has 1 heterocycles. The summed E-state index contributed by atoms with van der Waals surface area (Å²) in [6, 6.07) is 9.12. The first-order valence-corrected chi connectivity index (χ1v) is 5.80. The third kappa shape index (κ3) is 2.39. The van der Waals surface area contributed by atoms with Crippen molar-refractivity contribution >= 4 is 10.8 Å². The highest BCUT2D eigenvalue weighted by Crippen LogP contribution is 2.19. The van der Waals surface area contributed by atoms with Gasteiger partial charge in [0.1, 0.15) is 0 Å². The van der Waals surface area contributed by atoms with Crippen LogP contribution < -0.4 is 5.32 Å². The number of benzene rings is 1. The lowest BCUT2D eigenvalue weighted by Crippen LogP contribution is -2.21. The quantitative estimate of drug-likeness (QED) is 0.846. The number of aromatic nitrogens is 1. The van der Waals surface area contributed by atoms with Crippen LogP contribution in [0.25, 0.3) is 10.8 Å². The van der Waals surface area contributed by atoms with Crippen molar-refractivity contribution < 1.29 is 0 Å². The Balaban J connectivity index is 2.23. The van der Waals surface area contributed by atoms with Crippen LogP contribution in [0.15, 0.2) is 36.7 Å². The summed E-state index contributed by atoms with van der Waals surface area (Å²) >= 11 is 0. The molecule has 1 aromatic heterocycles. The average molecular weight is 214 g/mol. The number of pyridine rings is 1. The molecular formula is C14H18N2. The number of nitrogens with one attached hydrogen (secondary N) is 1. The van der Waals surface area contributed by atoms with E-state index >= 15 is 0 Å². The van der Waals surface area contributed by atoms with Crippen LogP contribution in [0.1, 0.15) is 18.9 Å². The average Bonchev–Trinajstić information content (AvgIpc) is 2.35. The van der Waals surface area contributed by atoms with Gasteiger partial charge in [-0.3, -0.25) is 4.98 Å². The Hall–Kier alpha value is -1.41. The number of hydrogen-bond acceptors (Lipinski definition) is 2. The van der Waals surface area contributed by atoms with Gasteiger partial charge >= 0.3 is 0 Å². The molecule has 84 valence electrons. The second-order valence-electron chi connectivity index (χ2n) is 4.24. The first kappa shape index (κ1) is 11.1. The van der Waals surface area contributed by atoms with Crippen molar-refractivity contribution in [2.45, 2.75) is 25.8 Å². The van der Waals surface area contributed by atoms with Gasteiger partial charge in [0.2, 0.25) is 0 Å². The molecule has 1 N–H and O–H groups in total. The van der Waals surface area contributed by atoms with Gasteiger partial charge in [0.15, 0.2) is 0 Å². The zero-order valence-corrected chi connectivity index (χ0v) is 9.90. The SMILES string of the molecule is CNC(C)CCc1cccc2cnccc12. The second-order valence-corrected chi connectivity index (χ2v) is 4.24. The molecule has 0 saturated carbocycles. The molecule has 2 heteroatoms. The number of nitrogens with zero attached hydrogens (tertiary/aromatic N) is 1. The Morgan fingerprint density at radius 2 is 2.19 bits per heavy atom. The molecule has 0 radical (unpaired) electrons. The standard InChI is InChI=1S/C14H18N2/c1-11(15-2)6-7-12-4-3-5-13-10-16-9-8-14(12)13/h3-5,8-11,15H,6-7H2,1-2H3. The Morgan fingerprint density at radius 3 is 3.00 bits per heavy atom. The van der Waals surface area contributed by atoms with Crippen LogP contribution in [0, 0.1) is 0 Å². The van der Waals surface area contributed by atoms with Gasteiger partial charge in [-0.05, 0) is 43.8 Å². The van der Waals surface area contributed by atoms with Gasteiger partial charge in [-0.25, -0.2) is 0 Å². The van der Waals surface area contributed by atoms with Gasteiger partial charge in [-0.2, -0.15) is 0 Å². The van der Waals surface area contributed by atoms with E-state index in [0.717, 1.165) is 12.8 Å². The summed E-state index contributed by atoms with van der Waals surface area (Å²) < 4.78 is 0. The molecule has 0 aliphatic carbocycles. The summed E-state index contributed by atoms with van der Waals surface area (Å²) in [6.07, 6.45) is 6.08. The van der Waals surface area contributed by atoms with E-state index in [1.807, 2.05) is 19.4 Å². The van der Waals surface area contributed by atoms with Crippen molar-refractivity contribution in [3.05, 3.63) is 42.2 Å². The minimum absolute atomic E-state index is 0.567. The summed E-state index contributed by atoms with van der Waals surface area (Å²) in [7, 11) is 2.01. The lowest BCUT2D eigenvalue weighted by molar-refractivity contribution is 0.566. The van der Waals surface area contributed by atoms with E-state index in [0.29, 0.717) is 6.04 Å². The fourth-order valence-electron chi connectivity index (χ4n) is 1.92. The van der Waals surface area contributed by atoms with E-state index in [1.54, 1.807) is 0 Å². The fraction of sp³-hybridized carbons (Fsp3) is 0.357. The van der Waals surface area contributed by atoms with E-state index < -0.39 is 0 Å². The second kappa shape index (κ2) is 5.08. The smallest absolute Gasteiger partial charge is 0.0346 e. The van der Waals surface area contributed by atoms with Crippen LogP contribution >= 0.6 is 0 Å². The largest absolute Gasteiger partial charge is 0.317 e. The molecule has 0 bridgehead atoms. The van der Waals surface area contributed by atoms with Crippen molar-refractivity contribution in [2.75, 3.05) is 7.05 Å². The van der Waals surface area contributed by atoms with Gasteiger partial charge in [-0.1, -0.05) is 18.2 Å². The molecule has 0 amide bonds. The monoisotopic (exact) mass is 214 g/mol.